The second kappa shape index (κ2) is 8.44. The summed E-state index contributed by atoms with van der Waals surface area (Å²) >= 11 is 0. The largest absolute Gasteiger partial charge is 0.493 e. The van der Waals surface area contributed by atoms with Gasteiger partial charge in [0.2, 0.25) is 5.78 Å². The average molecular weight is 369 g/mol. The number of ketones is 1. The highest BCUT2D eigenvalue weighted by atomic mass is 16.5. The number of carbonyl (C=O) groups excluding carboxylic acids is 1. The maximum atomic E-state index is 12.8. The predicted octanol–water partition coefficient (Wildman–Crippen LogP) is 3.38. The molecule has 1 unspecified atom stereocenters. The van der Waals surface area contributed by atoms with Crippen LogP contribution in [-0.2, 0) is 12.8 Å². The number of likely N-dealkylation sites (N-methyl/N-ethyl adjacent to an activating group) is 1. The molecule has 0 spiro atoms. The highest BCUT2D eigenvalue weighted by molar-refractivity contribution is 6.04. The molecule has 144 valence electrons. The Hall–Kier alpha value is -2.53. The Balaban J connectivity index is 1.72. The van der Waals surface area contributed by atoms with Crippen LogP contribution in [0.3, 0.4) is 0 Å². The summed E-state index contributed by atoms with van der Waals surface area (Å²) in [6.07, 6.45) is 0.983. The van der Waals surface area contributed by atoms with Crippen LogP contribution in [0.5, 0.6) is 17.2 Å². The van der Waals surface area contributed by atoms with Crippen molar-refractivity contribution < 1.29 is 19.0 Å². The van der Waals surface area contributed by atoms with Crippen molar-refractivity contribution >= 4 is 5.78 Å². The molecular weight excluding hydrogens is 342 g/mol. The van der Waals surface area contributed by atoms with E-state index in [1.54, 1.807) is 20.3 Å². The SMILES string of the molecule is CCN(C)CCc1cccc(OC2Cc3cc(OC)c(OC)cc3C2=O)c1. The first-order valence-electron chi connectivity index (χ1n) is 9.29. The highest BCUT2D eigenvalue weighted by Gasteiger charge is 2.33. The zero-order valence-corrected chi connectivity index (χ0v) is 16.5. The summed E-state index contributed by atoms with van der Waals surface area (Å²) in [5.74, 6) is 1.91. The van der Waals surface area contributed by atoms with E-state index >= 15 is 0 Å². The van der Waals surface area contributed by atoms with Gasteiger partial charge >= 0.3 is 0 Å². The normalized spacial score (nSPS) is 15.7. The number of benzene rings is 2. The average Bonchev–Trinajstić information content (AvgIpc) is 2.99. The van der Waals surface area contributed by atoms with Gasteiger partial charge in [0.05, 0.1) is 14.2 Å². The molecule has 5 heteroatoms. The van der Waals surface area contributed by atoms with Crippen molar-refractivity contribution in [1.82, 2.24) is 4.90 Å². The number of hydrogen-bond donors (Lipinski definition) is 0. The minimum atomic E-state index is -0.509. The fraction of sp³-hybridized carbons (Fsp3) is 0.409. The number of fused-ring (bicyclic) bond motifs is 1. The van der Waals surface area contributed by atoms with E-state index in [0.29, 0.717) is 23.5 Å². The van der Waals surface area contributed by atoms with Crippen molar-refractivity contribution in [2.75, 3.05) is 34.4 Å². The van der Waals surface area contributed by atoms with Gasteiger partial charge < -0.3 is 19.1 Å². The minimum absolute atomic E-state index is 0.0120. The maximum Gasteiger partial charge on any atom is 0.204 e. The molecule has 0 saturated heterocycles. The van der Waals surface area contributed by atoms with Crippen molar-refractivity contribution in [3.05, 3.63) is 53.1 Å². The van der Waals surface area contributed by atoms with Gasteiger partial charge in [-0.05, 0) is 55.4 Å². The monoisotopic (exact) mass is 369 g/mol. The molecule has 2 aromatic rings. The lowest BCUT2D eigenvalue weighted by Crippen LogP contribution is -2.23. The topological polar surface area (TPSA) is 48.0 Å². The molecule has 3 rings (SSSR count). The molecule has 0 radical (unpaired) electrons. The van der Waals surface area contributed by atoms with Gasteiger partial charge in [0, 0.05) is 18.5 Å². The lowest BCUT2D eigenvalue weighted by molar-refractivity contribution is 0.0821. The standard InChI is InChI=1S/C22H27NO4/c1-5-23(2)10-9-15-7-6-8-17(11-15)27-21-13-16-12-19(25-3)20(26-4)14-18(16)22(21)24/h6-8,11-12,14,21H,5,9-10,13H2,1-4H3. The number of rotatable bonds is 8. The van der Waals surface area contributed by atoms with E-state index in [1.165, 1.54) is 5.56 Å². The van der Waals surface area contributed by atoms with Gasteiger partial charge in [-0.1, -0.05) is 19.1 Å². The third kappa shape index (κ3) is 4.25. The molecule has 0 amide bonds. The first-order chi connectivity index (χ1) is 13.0. The van der Waals surface area contributed by atoms with E-state index in [1.807, 2.05) is 24.3 Å². The van der Waals surface area contributed by atoms with E-state index in [2.05, 4.69) is 24.9 Å². The van der Waals surface area contributed by atoms with Crippen LogP contribution < -0.4 is 14.2 Å². The van der Waals surface area contributed by atoms with Crippen molar-refractivity contribution in [3.63, 3.8) is 0 Å². The Labute approximate surface area is 160 Å². The Kier molecular flexibility index (Phi) is 6.01. The van der Waals surface area contributed by atoms with Crippen molar-refractivity contribution in [2.24, 2.45) is 0 Å². The highest BCUT2D eigenvalue weighted by Crippen LogP contribution is 2.36. The molecule has 27 heavy (non-hydrogen) atoms. The predicted molar refractivity (Wildman–Crippen MR) is 105 cm³/mol. The number of hydrogen-bond acceptors (Lipinski definition) is 5. The molecule has 0 saturated carbocycles. The second-order valence-corrected chi connectivity index (χ2v) is 6.83. The van der Waals surface area contributed by atoms with E-state index in [0.717, 1.165) is 30.8 Å². The molecule has 0 aliphatic heterocycles. The van der Waals surface area contributed by atoms with Crippen LogP contribution in [0.25, 0.3) is 0 Å². The van der Waals surface area contributed by atoms with E-state index in [4.69, 9.17) is 14.2 Å². The lowest BCUT2D eigenvalue weighted by Gasteiger charge is -2.15. The molecule has 0 bridgehead atoms. The molecule has 1 aliphatic carbocycles. The molecule has 1 aliphatic rings. The fourth-order valence-electron chi connectivity index (χ4n) is 3.30. The van der Waals surface area contributed by atoms with Gasteiger partial charge in [0.1, 0.15) is 5.75 Å². The summed E-state index contributed by atoms with van der Waals surface area (Å²) in [7, 11) is 5.27. The number of carbonyl (C=O) groups is 1. The Bertz CT molecular complexity index is 818. The van der Waals surface area contributed by atoms with Gasteiger partial charge in [-0.25, -0.2) is 0 Å². The van der Waals surface area contributed by atoms with Crippen LogP contribution in [0.4, 0.5) is 0 Å². The maximum absolute atomic E-state index is 12.8. The van der Waals surface area contributed by atoms with Gasteiger partial charge in [-0.3, -0.25) is 4.79 Å². The van der Waals surface area contributed by atoms with Crippen LogP contribution in [0.2, 0.25) is 0 Å². The molecule has 0 aromatic heterocycles. The minimum Gasteiger partial charge on any atom is -0.493 e. The first kappa shape index (κ1) is 19.2. The zero-order valence-electron chi connectivity index (χ0n) is 16.5. The van der Waals surface area contributed by atoms with E-state index in [9.17, 15) is 4.79 Å². The van der Waals surface area contributed by atoms with Gasteiger partial charge in [-0.2, -0.15) is 0 Å². The summed E-state index contributed by atoms with van der Waals surface area (Å²) in [5.41, 5.74) is 2.79. The fourth-order valence-corrected chi connectivity index (χ4v) is 3.30. The van der Waals surface area contributed by atoms with Crippen LogP contribution in [0.1, 0.15) is 28.4 Å². The zero-order chi connectivity index (χ0) is 19.4. The molecule has 0 N–H and O–H groups in total. The molecular formula is C22H27NO4. The van der Waals surface area contributed by atoms with Crippen LogP contribution in [0.15, 0.2) is 36.4 Å². The van der Waals surface area contributed by atoms with Crippen molar-refractivity contribution in [2.45, 2.75) is 25.9 Å². The Morgan fingerprint density at radius 2 is 1.85 bits per heavy atom. The van der Waals surface area contributed by atoms with E-state index in [-0.39, 0.29) is 5.78 Å². The van der Waals surface area contributed by atoms with Crippen LogP contribution in [-0.4, -0.2) is 51.1 Å². The van der Waals surface area contributed by atoms with Gasteiger partial charge in [0.15, 0.2) is 17.6 Å². The van der Waals surface area contributed by atoms with Gasteiger partial charge in [0.25, 0.3) is 0 Å². The quantitative estimate of drug-likeness (QED) is 0.714. The summed E-state index contributed by atoms with van der Waals surface area (Å²) in [4.78, 5) is 15.0. The molecule has 2 aromatic carbocycles. The number of ether oxygens (including phenoxy) is 3. The molecule has 0 fully saturated rings. The first-order valence-corrected chi connectivity index (χ1v) is 9.29. The van der Waals surface area contributed by atoms with E-state index < -0.39 is 6.10 Å². The smallest absolute Gasteiger partial charge is 0.204 e. The molecule has 1 atom stereocenters. The van der Waals surface area contributed by atoms with Crippen LogP contribution >= 0.6 is 0 Å². The van der Waals surface area contributed by atoms with Gasteiger partial charge in [-0.15, -0.1) is 0 Å². The number of methoxy groups -OCH3 is 2. The summed E-state index contributed by atoms with van der Waals surface area (Å²) in [6.45, 7) is 4.16. The summed E-state index contributed by atoms with van der Waals surface area (Å²) < 4.78 is 16.7. The summed E-state index contributed by atoms with van der Waals surface area (Å²) in [6, 6.07) is 11.6. The Morgan fingerprint density at radius 3 is 2.56 bits per heavy atom. The number of nitrogens with zero attached hydrogens (tertiary/aromatic N) is 1. The number of Topliss-reactive ketones (excluding diaryl/α,β-unsaturated/α-hetero) is 1. The third-order valence-electron chi connectivity index (χ3n) is 5.07. The lowest BCUT2D eigenvalue weighted by atomic mass is 10.1. The summed E-state index contributed by atoms with van der Waals surface area (Å²) in [5, 5.41) is 0. The second-order valence-electron chi connectivity index (χ2n) is 6.83. The molecule has 5 nitrogen and oxygen atoms in total. The molecule has 0 heterocycles. The third-order valence-corrected chi connectivity index (χ3v) is 5.07. The Morgan fingerprint density at radius 1 is 1.11 bits per heavy atom. The van der Waals surface area contributed by atoms with Crippen molar-refractivity contribution in [3.8, 4) is 17.2 Å². The van der Waals surface area contributed by atoms with Crippen molar-refractivity contribution in [1.29, 1.82) is 0 Å². The van der Waals surface area contributed by atoms with Crippen LogP contribution in [0, 0.1) is 0 Å².